The van der Waals surface area contributed by atoms with E-state index in [1.165, 1.54) is 34.9 Å². The van der Waals surface area contributed by atoms with Gasteiger partial charge >= 0.3 is 5.97 Å². The Bertz CT molecular complexity index is 1340. The van der Waals surface area contributed by atoms with Crippen molar-refractivity contribution >= 4 is 41.4 Å². The molecule has 0 bridgehead atoms. The first-order valence-corrected chi connectivity index (χ1v) is 10.6. The van der Waals surface area contributed by atoms with Crippen molar-refractivity contribution in [3.63, 3.8) is 0 Å². The van der Waals surface area contributed by atoms with Gasteiger partial charge in [0.1, 0.15) is 11.5 Å². The molecule has 1 aliphatic rings. The van der Waals surface area contributed by atoms with Crippen LogP contribution < -0.4 is 21.5 Å². The third kappa shape index (κ3) is 5.14. The third-order valence-corrected chi connectivity index (χ3v) is 5.42. The lowest BCUT2D eigenvalue weighted by atomic mass is 10.2. The van der Waals surface area contributed by atoms with Crippen LogP contribution in [0.2, 0.25) is 0 Å². The van der Waals surface area contributed by atoms with Crippen molar-refractivity contribution in [2.75, 3.05) is 44.2 Å². The summed E-state index contributed by atoms with van der Waals surface area (Å²) in [6, 6.07) is 2.64. The SMILES string of the molecule is NCC(=O)NCC(=O)N1CCN(c2nc3cc(C(=O)O)ccn3c(=O)c2/C=C/c2nnn[nH]2)CC1. The van der Waals surface area contributed by atoms with E-state index in [4.69, 9.17) is 5.73 Å². The van der Waals surface area contributed by atoms with Crippen molar-refractivity contribution in [2.45, 2.75) is 0 Å². The number of aromatic nitrogens is 6. The first-order valence-electron chi connectivity index (χ1n) is 10.6. The number of tetrazole rings is 1. The molecular weight excluding hydrogens is 460 g/mol. The minimum Gasteiger partial charge on any atom is -0.478 e. The molecule has 4 rings (SSSR count). The van der Waals surface area contributed by atoms with Gasteiger partial charge in [0.05, 0.1) is 24.2 Å². The highest BCUT2D eigenvalue weighted by Crippen LogP contribution is 2.21. The number of anilines is 1. The summed E-state index contributed by atoms with van der Waals surface area (Å²) in [4.78, 5) is 56.4. The molecule has 0 aromatic carbocycles. The van der Waals surface area contributed by atoms with Crippen LogP contribution in [0.1, 0.15) is 21.7 Å². The molecule has 0 saturated carbocycles. The highest BCUT2D eigenvalue weighted by molar-refractivity contribution is 5.89. The molecule has 2 amide bonds. The van der Waals surface area contributed by atoms with Crippen LogP contribution in [0.15, 0.2) is 23.1 Å². The summed E-state index contributed by atoms with van der Waals surface area (Å²) in [7, 11) is 0. The Hall–Kier alpha value is -4.66. The van der Waals surface area contributed by atoms with Gasteiger partial charge in [0, 0.05) is 32.4 Å². The monoisotopic (exact) mass is 482 g/mol. The summed E-state index contributed by atoms with van der Waals surface area (Å²) in [5.41, 5.74) is 5.24. The average molecular weight is 482 g/mol. The summed E-state index contributed by atoms with van der Waals surface area (Å²) in [6.45, 7) is 1.05. The Labute approximate surface area is 197 Å². The molecule has 4 heterocycles. The fourth-order valence-corrected chi connectivity index (χ4v) is 3.59. The van der Waals surface area contributed by atoms with Gasteiger partial charge in [0.2, 0.25) is 11.8 Å². The summed E-state index contributed by atoms with van der Waals surface area (Å²) in [5, 5.41) is 25.1. The molecular formula is C20H22N10O5. The number of aromatic amines is 1. The van der Waals surface area contributed by atoms with Crippen LogP contribution >= 0.6 is 0 Å². The van der Waals surface area contributed by atoms with E-state index >= 15 is 0 Å². The van der Waals surface area contributed by atoms with Crippen LogP contribution in [0.5, 0.6) is 0 Å². The molecule has 0 unspecified atom stereocenters. The maximum atomic E-state index is 13.3. The zero-order valence-electron chi connectivity index (χ0n) is 18.4. The van der Waals surface area contributed by atoms with Gasteiger partial charge in [-0.3, -0.25) is 18.8 Å². The number of nitrogens with two attached hydrogens (primary N) is 1. The Morgan fingerprint density at radius 3 is 2.63 bits per heavy atom. The van der Waals surface area contributed by atoms with Crippen molar-refractivity contribution in [2.24, 2.45) is 5.73 Å². The number of rotatable bonds is 7. The summed E-state index contributed by atoms with van der Waals surface area (Å²) in [6.07, 6.45) is 4.42. The number of carbonyl (C=O) groups is 3. The normalized spacial score (nSPS) is 14.0. The van der Waals surface area contributed by atoms with Gasteiger partial charge in [0.15, 0.2) is 5.82 Å². The van der Waals surface area contributed by atoms with Crippen LogP contribution in [-0.2, 0) is 9.59 Å². The van der Waals surface area contributed by atoms with Crippen LogP contribution in [-0.4, -0.2) is 97.1 Å². The second-order valence-electron chi connectivity index (χ2n) is 7.57. The van der Waals surface area contributed by atoms with E-state index in [2.05, 4.69) is 30.9 Å². The molecule has 5 N–H and O–H groups in total. The third-order valence-electron chi connectivity index (χ3n) is 5.42. The van der Waals surface area contributed by atoms with E-state index in [9.17, 15) is 24.3 Å². The number of piperazine rings is 1. The van der Waals surface area contributed by atoms with E-state index in [-0.39, 0.29) is 35.8 Å². The number of pyridine rings is 1. The standard InChI is InChI=1S/C20H22N10O5/c21-10-16(31)22-11-17(32)28-5-7-29(8-6-28)18-13(1-2-14-24-26-27-25-14)19(33)30-4-3-12(20(34)35)9-15(30)23-18/h1-4,9H,5-8,10-11,21H2,(H,22,31)(H,34,35)(H,24,25,26,27)/b2-1+. The minimum absolute atomic E-state index is 0.00572. The van der Waals surface area contributed by atoms with Crippen molar-refractivity contribution < 1.29 is 19.5 Å². The van der Waals surface area contributed by atoms with Gasteiger partial charge in [-0.05, 0) is 34.7 Å². The lowest BCUT2D eigenvalue weighted by molar-refractivity contribution is -0.132. The van der Waals surface area contributed by atoms with E-state index in [0.29, 0.717) is 37.8 Å². The van der Waals surface area contributed by atoms with Crippen molar-refractivity contribution in [1.82, 2.24) is 40.2 Å². The fourth-order valence-electron chi connectivity index (χ4n) is 3.59. The number of aromatic carboxylic acids is 1. The van der Waals surface area contributed by atoms with E-state index < -0.39 is 17.4 Å². The Morgan fingerprint density at radius 2 is 1.97 bits per heavy atom. The molecule has 3 aromatic heterocycles. The molecule has 35 heavy (non-hydrogen) atoms. The molecule has 182 valence electrons. The molecule has 1 aliphatic heterocycles. The molecule has 15 nitrogen and oxygen atoms in total. The molecule has 1 saturated heterocycles. The predicted molar refractivity (Wildman–Crippen MR) is 122 cm³/mol. The van der Waals surface area contributed by atoms with Crippen LogP contribution in [0, 0.1) is 0 Å². The molecule has 0 radical (unpaired) electrons. The maximum absolute atomic E-state index is 13.3. The highest BCUT2D eigenvalue weighted by Gasteiger charge is 2.25. The molecule has 15 heteroatoms. The van der Waals surface area contributed by atoms with Crippen molar-refractivity contribution in [1.29, 1.82) is 0 Å². The van der Waals surface area contributed by atoms with Crippen LogP contribution in [0.4, 0.5) is 5.82 Å². The Balaban J connectivity index is 1.64. The zero-order valence-corrected chi connectivity index (χ0v) is 18.4. The van der Waals surface area contributed by atoms with Crippen LogP contribution in [0.25, 0.3) is 17.8 Å². The van der Waals surface area contributed by atoms with Gasteiger partial charge in [-0.15, -0.1) is 5.10 Å². The number of hydrogen-bond donors (Lipinski definition) is 4. The minimum atomic E-state index is -1.14. The second-order valence-corrected chi connectivity index (χ2v) is 7.57. The summed E-state index contributed by atoms with van der Waals surface area (Å²) in [5.74, 6) is -1.14. The number of nitrogens with one attached hydrogen (secondary N) is 2. The maximum Gasteiger partial charge on any atom is 0.335 e. The number of H-pyrrole nitrogens is 1. The number of nitrogens with zero attached hydrogens (tertiary/aromatic N) is 7. The number of carboxylic acid groups (broad SMARTS) is 1. The first-order chi connectivity index (χ1) is 16.9. The van der Waals surface area contributed by atoms with E-state index in [1.807, 2.05) is 4.90 Å². The van der Waals surface area contributed by atoms with E-state index in [1.54, 1.807) is 4.90 Å². The Morgan fingerprint density at radius 1 is 1.20 bits per heavy atom. The largest absolute Gasteiger partial charge is 0.478 e. The molecule has 0 atom stereocenters. The first kappa shape index (κ1) is 23.5. The van der Waals surface area contributed by atoms with Gasteiger partial charge < -0.3 is 26.0 Å². The van der Waals surface area contributed by atoms with Crippen molar-refractivity contribution in [3.05, 3.63) is 45.6 Å². The number of carbonyl (C=O) groups excluding carboxylic acids is 2. The molecule has 3 aromatic rings. The van der Waals surface area contributed by atoms with Gasteiger partial charge in [-0.25, -0.2) is 14.9 Å². The zero-order chi connectivity index (χ0) is 24.9. The lowest BCUT2D eigenvalue weighted by Crippen LogP contribution is -2.52. The summed E-state index contributed by atoms with van der Waals surface area (Å²) < 4.78 is 1.26. The van der Waals surface area contributed by atoms with E-state index in [0.717, 1.165) is 0 Å². The second kappa shape index (κ2) is 10.1. The number of hydrogen-bond acceptors (Lipinski definition) is 10. The Kier molecular flexibility index (Phi) is 6.77. The highest BCUT2D eigenvalue weighted by atomic mass is 16.4. The van der Waals surface area contributed by atoms with Crippen molar-refractivity contribution in [3.8, 4) is 0 Å². The average Bonchev–Trinajstić information content (AvgIpc) is 3.39. The molecule has 0 spiro atoms. The fraction of sp³-hybridized carbons (Fsp3) is 0.300. The molecule has 0 aliphatic carbocycles. The predicted octanol–water partition coefficient (Wildman–Crippen LogP) is -2.20. The summed E-state index contributed by atoms with van der Waals surface area (Å²) >= 11 is 0. The lowest BCUT2D eigenvalue weighted by Gasteiger charge is -2.36. The quantitative estimate of drug-likeness (QED) is 0.284. The van der Waals surface area contributed by atoms with Gasteiger partial charge in [-0.1, -0.05) is 0 Å². The topological polar surface area (TPSA) is 205 Å². The van der Waals surface area contributed by atoms with Crippen LogP contribution in [0.3, 0.4) is 0 Å². The number of carboxylic acids is 1. The number of amides is 2. The van der Waals surface area contributed by atoms with Gasteiger partial charge in [0.25, 0.3) is 5.56 Å². The smallest absolute Gasteiger partial charge is 0.335 e. The molecule has 1 fully saturated rings. The number of fused-ring (bicyclic) bond motifs is 1. The van der Waals surface area contributed by atoms with Gasteiger partial charge in [-0.2, -0.15) is 0 Å².